The van der Waals surface area contributed by atoms with Gasteiger partial charge >= 0.3 is 12.0 Å². The average molecular weight is 331 g/mol. The Hall–Kier alpha value is -1.60. The van der Waals surface area contributed by atoms with E-state index in [1.165, 1.54) is 6.92 Å². The van der Waals surface area contributed by atoms with E-state index in [4.69, 9.17) is 5.11 Å². The van der Waals surface area contributed by atoms with E-state index < -0.39 is 24.1 Å². The zero-order valence-electron chi connectivity index (χ0n) is 10.5. The van der Waals surface area contributed by atoms with Gasteiger partial charge in [-0.15, -0.1) is 0 Å². The van der Waals surface area contributed by atoms with Crippen molar-refractivity contribution in [3.8, 4) is 0 Å². The molecule has 0 radical (unpaired) electrons. The Bertz CT molecular complexity index is 491. The van der Waals surface area contributed by atoms with Crippen molar-refractivity contribution in [2.45, 2.75) is 26.0 Å². The number of carboxylic acids is 1. The summed E-state index contributed by atoms with van der Waals surface area (Å²) in [6.45, 7) is 3.10. The van der Waals surface area contributed by atoms with E-state index in [0.717, 1.165) is 10.0 Å². The monoisotopic (exact) mass is 330 g/mol. The maximum absolute atomic E-state index is 11.7. The van der Waals surface area contributed by atoms with Gasteiger partial charge in [0.25, 0.3) is 0 Å². The molecule has 0 unspecified atom stereocenters. The Morgan fingerprint density at radius 2 is 2.00 bits per heavy atom. The summed E-state index contributed by atoms with van der Waals surface area (Å²) in [5, 5.41) is 22.8. The lowest BCUT2D eigenvalue weighted by atomic mass is 10.2. The number of anilines is 1. The highest BCUT2D eigenvalue weighted by molar-refractivity contribution is 9.10. The van der Waals surface area contributed by atoms with E-state index in [9.17, 15) is 14.7 Å². The van der Waals surface area contributed by atoms with Crippen molar-refractivity contribution in [2.75, 3.05) is 5.32 Å². The molecule has 0 aliphatic rings. The SMILES string of the molecule is Cc1cc(Br)ccc1NC(=O)N[C@H](C(=O)O)[C@@H](C)O. The second kappa shape index (κ2) is 6.53. The van der Waals surface area contributed by atoms with E-state index in [1.807, 2.05) is 13.0 Å². The zero-order chi connectivity index (χ0) is 14.6. The number of aliphatic hydroxyl groups excluding tert-OH is 1. The van der Waals surface area contributed by atoms with Crippen LogP contribution in [0.2, 0.25) is 0 Å². The summed E-state index contributed by atoms with van der Waals surface area (Å²) >= 11 is 3.30. The fourth-order valence-electron chi connectivity index (χ4n) is 1.46. The van der Waals surface area contributed by atoms with E-state index in [1.54, 1.807) is 12.1 Å². The summed E-state index contributed by atoms with van der Waals surface area (Å²) in [6.07, 6.45) is -1.19. The van der Waals surface area contributed by atoms with Gasteiger partial charge in [-0.2, -0.15) is 0 Å². The van der Waals surface area contributed by atoms with Crippen LogP contribution in [0.4, 0.5) is 10.5 Å². The molecule has 1 rings (SSSR count). The van der Waals surface area contributed by atoms with Gasteiger partial charge in [-0.05, 0) is 37.6 Å². The molecule has 4 N–H and O–H groups in total. The number of rotatable bonds is 4. The average Bonchev–Trinajstić information content (AvgIpc) is 2.29. The molecule has 0 bridgehead atoms. The van der Waals surface area contributed by atoms with Gasteiger partial charge in [0, 0.05) is 10.2 Å². The summed E-state index contributed by atoms with van der Waals surface area (Å²) in [4.78, 5) is 22.5. The molecule has 0 aliphatic carbocycles. The Kier molecular flexibility index (Phi) is 5.31. The molecule has 0 saturated carbocycles. The van der Waals surface area contributed by atoms with Gasteiger partial charge < -0.3 is 20.8 Å². The van der Waals surface area contributed by atoms with E-state index in [2.05, 4.69) is 26.6 Å². The third kappa shape index (κ3) is 4.53. The molecule has 0 spiro atoms. The number of urea groups is 1. The molecule has 0 aliphatic heterocycles. The predicted molar refractivity (Wildman–Crippen MR) is 74.1 cm³/mol. The number of benzene rings is 1. The molecule has 7 heteroatoms. The van der Waals surface area contributed by atoms with Gasteiger partial charge in [0.2, 0.25) is 0 Å². The molecular weight excluding hydrogens is 316 g/mol. The lowest BCUT2D eigenvalue weighted by Gasteiger charge is -2.18. The first-order valence-electron chi connectivity index (χ1n) is 5.56. The number of hydrogen-bond donors (Lipinski definition) is 4. The summed E-state index contributed by atoms with van der Waals surface area (Å²) in [5.74, 6) is -1.29. The number of nitrogens with one attached hydrogen (secondary N) is 2. The Morgan fingerprint density at radius 1 is 1.37 bits per heavy atom. The molecule has 0 aromatic heterocycles. The number of aryl methyl sites for hydroxylation is 1. The molecular formula is C12H15BrN2O4. The van der Waals surface area contributed by atoms with E-state index in [-0.39, 0.29) is 0 Å². The van der Waals surface area contributed by atoms with Crippen molar-refractivity contribution in [3.63, 3.8) is 0 Å². The maximum Gasteiger partial charge on any atom is 0.328 e. The van der Waals surface area contributed by atoms with Crippen LogP contribution in [0, 0.1) is 6.92 Å². The number of amides is 2. The topological polar surface area (TPSA) is 98.7 Å². The first-order valence-corrected chi connectivity index (χ1v) is 6.35. The third-order valence-electron chi connectivity index (χ3n) is 2.47. The molecule has 1 aromatic carbocycles. The highest BCUT2D eigenvalue weighted by Gasteiger charge is 2.24. The van der Waals surface area contributed by atoms with E-state index >= 15 is 0 Å². The zero-order valence-corrected chi connectivity index (χ0v) is 12.1. The number of halogens is 1. The first-order chi connectivity index (χ1) is 8.81. The van der Waals surface area contributed by atoms with Gasteiger partial charge in [-0.25, -0.2) is 9.59 Å². The first kappa shape index (κ1) is 15.5. The van der Waals surface area contributed by atoms with Crippen molar-refractivity contribution in [2.24, 2.45) is 0 Å². The standard InChI is InChI=1S/C12H15BrN2O4/c1-6-5-8(13)3-4-9(6)14-12(19)15-10(7(2)16)11(17)18/h3-5,7,10,16H,1-2H3,(H,17,18)(H2,14,15,19)/t7-,10+/m1/s1. The van der Waals surface area contributed by atoms with Gasteiger partial charge in [-0.3, -0.25) is 0 Å². The summed E-state index contributed by atoms with van der Waals surface area (Å²) in [5.41, 5.74) is 1.39. The van der Waals surface area contributed by atoms with Crippen LogP contribution in [0.15, 0.2) is 22.7 Å². The van der Waals surface area contributed by atoms with Crippen molar-refractivity contribution < 1.29 is 19.8 Å². The molecule has 19 heavy (non-hydrogen) atoms. The number of carbonyl (C=O) groups is 2. The number of aliphatic carboxylic acids is 1. The van der Waals surface area contributed by atoms with Crippen molar-refractivity contribution >= 4 is 33.6 Å². The molecule has 6 nitrogen and oxygen atoms in total. The van der Waals surface area contributed by atoms with Crippen molar-refractivity contribution in [3.05, 3.63) is 28.2 Å². The van der Waals surface area contributed by atoms with Crippen LogP contribution < -0.4 is 10.6 Å². The fraction of sp³-hybridized carbons (Fsp3) is 0.333. The third-order valence-corrected chi connectivity index (χ3v) is 2.96. The number of aliphatic hydroxyl groups is 1. The van der Waals surface area contributed by atoms with Crippen LogP contribution in [-0.4, -0.2) is 34.4 Å². The summed E-state index contributed by atoms with van der Waals surface area (Å²) in [7, 11) is 0. The lowest BCUT2D eigenvalue weighted by Crippen LogP contribution is -2.49. The van der Waals surface area contributed by atoms with Crippen LogP contribution >= 0.6 is 15.9 Å². The largest absolute Gasteiger partial charge is 0.480 e. The van der Waals surface area contributed by atoms with Gasteiger partial charge in [0.15, 0.2) is 6.04 Å². The molecule has 0 saturated heterocycles. The Balaban J connectivity index is 2.72. The molecule has 0 heterocycles. The molecule has 0 fully saturated rings. The van der Waals surface area contributed by atoms with Crippen LogP contribution in [0.5, 0.6) is 0 Å². The summed E-state index contributed by atoms with van der Waals surface area (Å²) in [6, 6.07) is 3.23. The van der Waals surface area contributed by atoms with Crippen LogP contribution in [0.1, 0.15) is 12.5 Å². The second-order valence-electron chi connectivity index (χ2n) is 4.11. The van der Waals surface area contributed by atoms with Gasteiger partial charge in [-0.1, -0.05) is 15.9 Å². The van der Waals surface area contributed by atoms with Gasteiger partial charge in [0.05, 0.1) is 6.10 Å². The Morgan fingerprint density at radius 3 is 2.47 bits per heavy atom. The smallest absolute Gasteiger partial charge is 0.328 e. The molecule has 2 amide bonds. The highest BCUT2D eigenvalue weighted by atomic mass is 79.9. The van der Waals surface area contributed by atoms with Crippen molar-refractivity contribution in [1.29, 1.82) is 0 Å². The number of carboxylic acid groups (broad SMARTS) is 1. The highest BCUT2D eigenvalue weighted by Crippen LogP contribution is 2.19. The van der Waals surface area contributed by atoms with Crippen LogP contribution in [0.3, 0.4) is 0 Å². The minimum absolute atomic E-state index is 0.565. The maximum atomic E-state index is 11.7. The fourth-order valence-corrected chi connectivity index (χ4v) is 1.93. The minimum Gasteiger partial charge on any atom is -0.480 e. The summed E-state index contributed by atoms with van der Waals surface area (Å²) < 4.78 is 0.878. The predicted octanol–water partition coefficient (Wildman–Crippen LogP) is 1.71. The second-order valence-corrected chi connectivity index (χ2v) is 5.03. The number of carbonyl (C=O) groups excluding carboxylic acids is 1. The normalized spacial score (nSPS) is 13.5. The minimum atomic E-state index is -1.35. The molecule has 104 valence electrons. The van der Waals surface area contributed by atoms with Crippen LogP contribution in [-0.2, 0) is 4.79 Å². The van der Waals surface area contributed by atoms with Gasteiger partial charge in [0.1, 0.15) is 0 Å². The van der Waals surface area contributed by atoms with Crippen LogP contribution in [0.25, 0.3) is 0 Å². The molecule has 1 aromatic rings. The number of hydrogen-bond acceptors (Lipinski definition) is 3. The quantitative estimate of drug-likeness (QED) is 0.675. The Labute approximate surface area is 118 Å². The van der Waals surface area contributed by atoms with Crippen molar-refractivity contribution in [1.82, 2.24) is 5.32 Å². The van der Waals surface area contributed by atoms with E-state index in [0.29, 0.717) is 5.69 Å². The molecule has 2 atom stereocenters. The lowest BCUT2D eigenvalue weighted by molar-refractivity contribution is -0.141.